The van der Waals surface area contributed by atoms with Crippen molar-refractivity contribution in [3.05, 3.63) is 58.8 Å². The molecule has 1 aromatic carbocycles. The quantitative estimate of drug-likeness (QED) is 0.677. The summed E-state index contributed by atoms with van der Waals surface area (Å²) in [7, 11) is 0. The molecule has 0 aliphatic carbocycles. The molecule has 3 heterocycles. The third-order valence-electron chi connectivity index (χ3n) is 4.89. The van der Waals surface area contributed by atoms with E-state index in [0.717, 1.165) is 12.8 Å². The van der Waals surface area contributed by atoms with Crippen LogP contribution < -0.4 is 0 Å². The Kier molecular flexibility index (Phi) is 4.70. The first-order chi connectivity index (χ1) is 13.0. The van der Waals surface area contributed by atoms with E-state index in [9.17, 15) is 9.18 Å². The predicted molar refractivity (Wildman–Crippen MR) is 98.0 cm³/mol. The number of carbonyl (C=O) groups is 1. The van der Waals surface area contributed by atoms with E-state index in [1.165, 1.54) is 12.1 Å². The molecule has 1 aliphatic rings. The molecule has 6 nitrogen and oxygen atoms in total. The van der Waals surface area contributed by atoms with Crippen molar-refractivity contribution in [3.63, 3.8) is 0 Å². The fourth-order valence-electron chi connectivity index (χ4n) is 3.43. The van der Waals surface area contributed by atoms with Crippen molar-refractivity contribution < 1.29 is 13.7 Å². The van der Waals surface area contributed by atoms with Gasteiger partial charge < -0.3 is 9.42 Å². The number of hydrogen-bond acceptors (Lipinski definition) is 4. The molecule has 140 valence electrons. The molecule has 0 N–H and O–H groups in total. The van der Waals surface area contributed by atoms with Gasteiger partial charge in [-0.1, -0.05) is 16.8 Å². The van der Waals surface area contributed by atoms with Crippen molar-refractivity contribution in [1.29, 1.82) is 0 Å². The Labute approximate surface area is 160 Å². The van der Waals surface area contributed by atoms with Crippen LogP contribution >= 0.6 is 11.6 Å². The highest BCUT2D eigenvalue weighted by Crippen LogP contribution is 2.29. The smallest absolute Gasteiger partial charge is 0.259 e. The van der Waals surface area contributed by atoms with Crippen LogP contribution in [-0.4, -0.2) is 38.8 Å². The monoisotopic (exact) mass is 388 g/mol. The number of aromatic nitrogens is 3. The van der Waals surface area contributed by atoms with Crippen molar-refractivity contribution in [1.82, 2.24) is 19.8 Å². The van der Waals surface area contributed by atoms with Gasteiger partial charge in [-0.3, -0.25) is 9.48 Å². The second kappa shape index (κ2) is 7.15. The molecule has 0 spiro atoms. The molecular formula is C19H18ClFN4O2. The Bertz CT molecular complexity index is 959. The number of rotatable bonds is 3. The van der Waals surface area contributed by atoms with Crippen LogP contribution in [0.4, 0.5) is 4.39 Å². The molecule has 1 aliphatic heterocycles. The first kappa shape index (κ1) is 17.7. The highest BCUT2D eigenvalue weighted by molar-refractivity contribution is 6.30. The summed E-state index contributed by atoms with van der Waals surface area (Å²) in [6.07, 6.45) is 5.01. The van der Waals surface area contributed by atoms with E-state index in [1.807, 2.05) is 4.68 Å². The average molecular weight is 389 g/mol. The third kappa shape index (κ3) is 3.47. The van der Waals surface area contributed by atoms with E-state index >= 15 is 0 Å². The summed E-state index contributed by atoms with van der Waals surface area (Å²) < 4.78 is 20.3. The minimum absolute atomic E-state index is 0.120. The maximum absolute atomic E-state index is 13.2. The van der Waals surface area contributed by atoms with Gasteiger partial charge in [-0.15, -0.1) is 0 Å². The molecule has 1 fully saturated rings. The summed E-state index contributed by atoms with van der Waals surface area (Å²) in [6, 6.07) is 6.10. The number of likely N-dealkylation sites (tertiary alicyclic amines) is 1. The van der Waals surface area contributed by atoms with Crippen molar-refractivity contribution in [2.45, 2.75) is 25.8 Å². The van der Waals surface area contributed by atoms with Crippen LogP contribution in [0.1, 0.15) is 35.0 Å². The lowest BCUT2D eigenvalue weighted by Crippen LogP contribution is -2.39. The molecule has 0 radical (unpaired) electrons. The zero-order valence-electron chi connectivity index (χ0n) is 14.7. The van der Waals surface area contributed by atoms with E-state index in [2.05, 4.69) is 10.3 Å². The van der Waals surface area contributed by atoms with Gasteiger partial charge in [0.25, 0.3) is 5.91 Å². The Morgan fingerprint density at radius 1 is 1.26 bits per heavy atom. The molecule has 0 atom stereocenters. The van der Waals surface area contributed by atoms with Crippen molar-refractivity contribution in [3.8, 4) is 11.3 Å². The SMILES string of the molecule is Cc1onc(-c2ccc(F)cc2)c1C(=O)N1CCC(n2cc(Cl)cn2)CC1. The lowest BCUT2D eigenvalue weighted by Gasteiger charge is -2.32. The molecule has 2 aromatic heterocycles. The highest BCUT2D eigenvalue weighted by Gasteiger charge is 2.30. The number of carbonyl (C=O) groups excluding carboxylic acids is 1. The van der Waals surface area contributed by atoms with Crippen LogP contribution in [0.2, 0.25) is 5.02 Å². The molecule has 27 heavy (non-hydrogen) atoms. The summed E-state index contributed by atoms with van der Waals surface area (Å²) in [4.78, 5) is 14.9. The van der Waals surface area contributed by atoms with Gasteiger partial charge in [-0.05, 0) is 44.0 Å². The van der Waals surface area contributed by atoms with Gasteiger partial charge in [0.2, 0.25) is 0 Å². The number of hydrogen-bond donors (Lipinski definition) is 0. The van der Waals surface area contributed by atoms with E-state index in [4.69, 9.17) is 16.1 Å². The van der Waals surface area contributed by atoms with E-state index in [1.54, 1.807) is 36.4 Å². The van der Waals surface area contributed by atoms with Gasteiger partial charge in [0.05, 0.1) is 17.3 Å². The molecule has 0 unspecified atom stereocenters. The summed E-state index contributed by atoms with van der Waals surface area (Å²) in [5.74, 6) is -0.00188. The molecule has 8 heteroatoms. The molecule has 4 rings (SSSR count). The van der Waals surface area contributed by atoms with Crippen LogP contribution in [0.5, 0.6) is 0 Å². The van der Waals surface area contributed by atoms with Crippen LogP contribution in [0.3, 0.4) is 0 Å². The van der Waals surface area contributed by atoms with Crippen molar-refractivity contribution in [2.24, 2.45) is 0 Å². The fraction of sp³-hybridized carbons (Fsp3) is 0.316. The maximum atomic E-state index is 13.2. The van der Waals surface area contributed by atoms with Crippen LogP contribution in [0.25, 0.3) is 11.3 Å². The number of halogens is 2. The number of benzene rings is 1. The molecule has 0 saturated carbocycles. The van der Waals surface area contributed by atoms with Gasteiger partial charge in [-0.2, -0.15) is 5.10 Å². The number of amides is 1. The van der Waals surface area contributed by atoms with Crippen LogP contribution in [0, 0.1) is 12.7 Å². The fourth-order valence-corrected chi connectivity index (χ4v) is 3.58. The maximum Gasteiger partial charge on any atom is 0.259 e. The van der Waals surface area contributed by atoms with Gasteiger partial charge in [0.1, 0.15) is 22.8 Å². The molecule has 3 aromatic rings. The standard InChI is InChI=1S/C19H18ClFN4O2/c1-12-17(18(23-27-12)13-2-4-15(21)5-3-13)19(26)24-8-6-16(7-9-24)25-11-14(20)10-22-25/h2-5,10-11,16H,6-9H2,1H3. The third-order valence-corrected chi connectivity index (χ3v) is 5.09. The average Bonchev–Trinajstić information content (AvgIpc) is 3.28. The number of piperidine rings is 1. The second-order valence-corrected chi connectivity index (χ2v) is 7.07. The van der Waals surface area contributed by atoms with Gasteiger partial charge >= 0.3 is 0 Å². The molecular weight excluding hydrogens is 371 g/mol. The first-order valence-electron chi connectivity index (χ1n) is 8.74. The lowest BCUT2D eigenvalue weighted by atomic mass is 10.0. The lowest BCUT2D eigenvalue weighted by molar-refractivity contribution is 0.0689. The van der Waals surface area contributed by atoms with Gasteiger partial charge in [0.15, 0.2) is 0 Å². The van der Waals surface area contributed by atoms with E-state index < -0.39 is 0 Å². The largest absolute Gasteiger partial charge is 0.360 e. The highest BCUT2D eigenvalue weighted by atomic mass is 35.5. The zero-order chi connectivity index (χ0) is 19.0. The van der Waals surface area contributed by atoms with E-state index in [0.29, 0.717) is 40.7 Å². The van der Waals surface area contributed by atoms with Crippen molar-refractivity contribution >= 4 is 17.5 Å². The number of nitrogens with zero attached hydrogens (tertiary/aromatic N) is 4. The summed E-state index contributed by atoms with van der Waals surface area (Å²) >= 11 is 5.94. The Hall–Kier alpha value is -2.67. The van der Waals surface area contributed by atoms with Gasteiger partial charge in [0, 0.05) is 24.8 Å². The second-order valence-electron chi connectivity index (χ2n) is 6.63. The molecule has 1 amide bonds. The van der Waals surface area contributed by atoms with Crippen molar-refractivity contribution in [2.75, 3.05) is 13.1 Å². The van der Waals surface area contributed by atoms with Crippen LogP contribution in [0.15, 0.2) is 41.2 Å². The summed E-state index contributed by atoms with van der Waals surface area (Å²) in [6.45, 7) is 2.93. The zero-order valence-corrected chi connectivity index (χ0v) is 15.5. The normalized spacial score (nSPS) is 15.3. The molecule has 1 saturated heterocycles. The van der Waals surface area contributed by atoms with Crippen LogP contribution in [-0.2, 0) is 0 Å². The number of aryl methyl sites for hydroxylation is 1. The van der Waals surface area contributed by atoms with E-state index in [-0.39, 0.29) is 17.8 Å². The Morgan fingerprint density at radius 2 is 1.96 bits per heavy atom. The summed E-state index contributed by atoms with van der Waals surface area (Å²) in [5, 5.41) is 8.89. The topological polar surface area (TPSA) is 64.2 Å². The Balaban J connectivity index is 1.52. The Morgan fingerprint density at radius 3 is 2.59 bits per heavy atom. The minimum atomic E-state index is -0.340. The van der Waals surface area contributed by atoms with Gasteiger partial charge in [-0.25, -0.2) is 4.39 Å². The molecule has 0 bridgehead atoms. The summed E-state index contributed by atoms with van der Waals surface area (Å²) in [5.41, 5.74) is 1.53. The predicted octanol–water partition coefficient (Wildman–Crippen LogP) is 4.12. The minimum Gasteiger partial charge on any atom is -0.360 e. The first-order valence-corrected chi connectivity index (χ1v) is 9.12.